The Hall–Kier alpha value is -1.20. The van der Waals surface area contributed by atoms with Crippen LogP contribution in [-0.2, 0) is 0 Å². The van der Waals surface area contributed by atoms with Gasteiger partial charge in [0.25, 0.3) is 5.91 Å². The predicted octanol–water partition coefficient (Wildman–Crippen LogP) is 2.06. The van der Waals surface area contributed by atoms with Crippen molar-refractivity contribution < 1.29 is 4.79 Å². The van der Waals surface area contributed by atoms with E-state index >= 15 is 0 Å². The van der Waals surface area contributed by atoms with Crippen LogP contribution in [0.5, 0.6) is 0 Å². The molecule has 0 aliphatic carbocycles. The molecule has 1 rings (SSSR count). The molecule has 0 radical (unpaired) electrons. The van der Waals surface area contributed by atoms with Gasteiger partial charge in [-0.2, -0.15) is 0 Å². The Kier molecular flexibility index (Phi) is 6.73. The summed E-state index contributed by atoms with van der Waals surface area (Å²) in [6, 6.07) is 5.41. The first-order valence-electron chi connectivity index (χ1n) is 6.59. The Morgan fingerprint density at radius 1 is 1.37 bits per heavy atom. The number of nitrogen functional groups attached to an aromatic ring is 1. The highest BCUT2D eigenvalue weighted by molar-refractivity contribution is 7.99. The summed E-state index contributed by atoms with van der Waals surface area (Å²) in [5, 5.41) is 2.62. The zero-order valence-electron chi connectivity index (χ0n) is 11.9. The molecule has 0 bridgehead atoms. The van der Waals surface area contributed by atoms with Gasteiger partial charge in [0.15, 0.2) is 0 Å². The summed E-state index contributed by atoms with van der Waals surface area (Å²) in [6.45, 7) is 7.47. The van der Waals surface area contributed by atoms with Crippen molar-refractivity contribution >= 4 is 23.4 Å². The van der Waals surface area contributed by atoms with Gasteiger partial charge in [0.05, 0.1) is 0 Å². The highest BCUT2D eigenvalue weighted by Gasteiger charge is 2.08. The minimum atomic E-state index is -0.0782. The number of rotatable bonds is 7. The predicted molar refractivity (Wildman–Crippen MR) is 82.8 cm³/mol. The van der Waals surface area contributed by atoms with Crippen LogP contribution < -0.4 is 11.1 Å². The molecule has 1 amide bonds. The molecule has 0 aromatic heterocycles. The van der Waals surface area contributed by atoms with Crippen LogP contribution in [0.4, 0.5) is 5.69 Å². The van der Waals surface area contributed by atoms with Gasteiger partial charge in [0.2, 0.25) is 0 Å². The molecule has 0 spiro atoms. The van der Waals surface area contributed by atoms with Crippen LogP contribution in [0, 0.1) is 0 Å². The zero-order valence-corrected chi connectivity index (χ0v) is 12.7. The lowest BCUT2D eigenvalue weighted by Gasteiger charge is -2.17. The van der Waals surface area contributed by atoms with Crippen LogP contribution in [-0.4, -0.2) is 43.2 Å². The van der Waals surface area contributed by atoms with E-state index in [1.165, 1.54) is 0 Å². The fourth-order valence-corrected chi connectivity index (χ4v) is 2.78. The molecule has 0 aliphatic heterocycles. The Bertz CT molecular complexity index is 419. The first-order chi connectivity index (χ1) is 9.12. The molecule has 0 saturated carbocycles. The van der Waals surface area contributed by atoms with E-state index in [9.17, 15) is 4.79 Å². The molecule has 0 unspecified atom stereocenters. The normalized spacial score (nSPS) is 10.7. The highest BCUT2D eigenvalue weighted by atomic mass is 32.2. The van der Waals surface area contributed by atoms with Gasteiger partial charge in [0.1, 0.15) is 0 Å². The van der Waals surface area contributed by atoms with Crippen LogP contribution in [0.15, 0.2) is 23.1 Å². The molecule has 1 aromatic carbocycles. The summed E-state index contributed by atoms with van der Waals surface area (Å²) in [7, 11) is 1.63. The molecule has 106 valence electrons. The molecule has 0 heterocycles. The summed E-state index contributed by atoms with van der Waals surface area (Å²) in [5.41, 5.74) is 7.33. The molecule has 5 heteroatoms. The lowest BCUT2D eigenvalue weighted by atomic mass is 10.2. The van der Waals surface area contributed by atoms with Crippen LogP contribution in [0.25, 0.3) is 0 Å². The van der Waals surface area contributed by atoms with Crippen molar-refractivity contribution in [2.45, 2.75) is 18.7 Å². The fraction of sp³-hybridized carbons (Fsp3) is 0.500. The number of carbonyl (C=O) groups is 1. The van der Waals surface area contributed by atoms with Crippen LogP contribution in [0.2, 0.25) is 0 Å². The van der Waals surface area contributed by atoms with E-state index < -0.39 is 0 Å². The van der Waals surface area contributed by atoms with Gasteiger partial charge in [-0.3, -0.25) is 4.79 Å². The number of nitrogens with one attached hydrogen (secondary N) is 1. The van der Waals surface area contributed by atoms with Crippen molar-refractivity contribution in [2.24, 2.45) is 0 Å². The van der Waals surface area contributed by atoms with E-state index in [0.29, 0.717) is 5.56 Å². The van der Waals surface area contributed by atoms with Gasteiger partial charge in [-0.05, 0) is 31.3 Å². The number of hydrogen-bond donors (Lipinski definition) is 2. The number of nitrogens with zero attached hydrogens (tertiary/aromatic N) is 1. The van der Waals surface area contributed by atoms with Gasteiger partial charge in [-0.15, -0.1) is 11.8 Å². The maximum atomic E-state index is 11.6. The first-order valence-corrected chi connectivity index (χ1v) is 7.57. The molecule has 0 fully saturated rings. The zero-order chi connectivity index (χ0) is 14.3. The van der Waals surface area contributed by atoms with Crippen molar-refractivity contribution in [1.82, 2.24) is 10.2 Å². The smallest absolute Gasteiger partial charge is 0.251 e. The third-order valence-electron chi connectivity index (χ3n) is 3.06. The molecule has 0 atom stereocenters. The van der Waals surface area contributed by atoms with Crippen molar-refractivity contribution in [2.75, 3.05) is 38.2 Å². The largest absolute Gasteiger partial charge is 0.398 e. The Morgan fingerprint density at radius 3 is 2.63 bits per heavy atom. The van der Waals surface area contributed by atoms with E-state index in [2.05, 4.69) is 24.1 Å². The van der Waals surface area contributed by atoms with Crippen molar-refractivity contribution in [3.63, 3.8) is 0 Å². The molecule has 3 N–H and O–H groups in total. The fourth-order valence-electron chi connectivity index (χ4n) is 1.77. The topological polar surface area (TPSA) is 58.4 Å². The molecule has 1 aromatic rings. The van der Waals surface area contributed by atoms with E-state index in [-0.39, 0.29) is 5.91 Å². The average Bonchev–Trinajstić information content (AvgIpc) is 2.44. The highest BCUT2D eigenvalue weighted by Crippen LogP contribution is 2.26. The molecule has 0 saturated heterocycles. The standard InChI is InChI=1S/C14H23N3OS/c1-4-17(5-2)8-9-19-13-10-11(14(18)16-3)6-7-12(13)15/h6-7,10H,4-5,8-9,15H2,1-3H3,(H,16,18). The Balaban J connectivity index is 2.64. The van der Waals surface area contributed by atoms with E-state index in [1.807, 2.05) is 6.07 Å². The maximum absolute atomic E-state index is 11.6. The maximum Gasteiger partial charge on any atom is 0.251 e. The SMILES string of the molecule is CCN(CC)CCSc1cc(C(=O)NC)ccc1N. The summed E-state index contributed by atoms with van der Waals surface area (Å²) in [5.74, 6) is 0.897. The van der Waals surface area contributed by atoms with Gasteiger partial charge >= 0.3 is 0 Å². The lowest BCUT2D eigenvalue weighted by Crippen LogP contribution is -2.25. The Morgan fingerprint density at radius 2 is 2.05 bits per heavy atom. The Labute approximate surface area is 119 Å². The average molecular weight is 281 g/mol. The van der Waals surface area contributed by atoms with Crippen molar-refractivity contribution in [1.29, 1.82) is 0 Å². The molecule has 19 heavy (non-hydrogen) atoms. The van der Waals surface area contributed by atoms with Gasteiger partial charge in [0, 0.05) is 35.5 Å². The molecule has 0 aliphatic rings. The van der Waals surface area contributed by atoms with E-state index in [4.69, 9.17) is 5.73 Å². The number of carbonyl (C=O) groups excluding carboxylic acids is 1. The summed E-state index contributed by atoms with van der Waals surface area (Å²) >= 11 is 1.70. The summed E-state index contributed by atoms with van der Waals surface area (Å²) in [6.07, 6.45) is 0. The molecule has 4 nitrogen and oxygen atoms in total. The van der Waals surface area contributed by atoms with Crippen LogP contribution in [0.3, 0.4) is 0 Å². The minimum absolute atomic E-state index is 0.0782. The van der Waals surface area contributed by atoms with E-state index in [0.717, 1.165) is 36.0 Å². The van der Waals surface area contributed by atoms with Gasteiger partial charge in [-0.25, -0.2) is 0 Å². The third-order valence-corrected chi connectivity index (χ3v) is 4.11. The quantitative estimate of drug-likeness (QED) is 0.593. The number of nitrogens with two attached hydrogens (primary N) is 1. The van der Waals surface area contributed by atoms with Crippen molar-refractivity contribution in [3.8, 4) is 0 Å². The van der Waals surface area contributed by atoms with Gasteiger partial charge in [-0.1, -0.05) is 13.8 Å². The van der Waals surface area contributed by atoms with E-state index in [1.54, 1.807) is 30.9 Å². The molecular formula is C14H23N3OS. The van der Waals surface area contributed by atoms with Crippen molar-refractivity contribution in [3.05, 3.63) is 23.8 Å². The number of amides is 1. The second-order valence-corrected chi connectivity index (χ2v) is 5.34. The molecular weight excluding hydrogens is 258 g/mol. The minimum Gasteiger partial charge on any atom is -0.398 e. The third kappa shape index (κ3) is 4.76. The number of anilines is 1. The lowest BCUT2D eigenvalue weighted by molar-refractivity contribution is 0.0963. The van der Waals surface area contributed by atoms with Gasteiger partial charge < -0.3 is 16.0 Å². The number of benzene rings is 1. The first kappa shape index (κ1) is 15.9. The van der Waals surface area contributed by atoms with Crippen LogP contribution >= 0.6 is 11.8 Å². The second-order valence-electron chi connectivity index (χ2n) is 4.21. The monoisotopic (exact) mass is 281 g/mol. The van der Waals surface area contributed by atoms with Crippen LogP contribution in [0.1, 0.15) is 24.2 Å². The number of hydrogen-bond acceptors (Lipinski definition) is 4. The second kappa shape index (κ2) is 8.07. The number of thioether (sulfide) groups is 1. The summed E-state index contributed by atoms with van der Waals surface area (Å²) in [4.78, 5) is 14.9. The summed E-state index contributed by atoms with van der Waals surface area (Å²) < 4.78 is 0.